The fourth-order valence-corrected chi connectivity index (χ4v) is 2.50. The maximum Gasteiger partial charge on any atom is 0.411 e. The third-order valence-corrected chi connectivity index (χ3v) is 3.39. The number of ether oxygens (including phenoxy) is 2. The zero-order valence-electron chi connectivity index (χ0n) is 9.20. The van der Waals surface area contributed by atoms with Gasteiger partial charge in [0.2, 0.25) is 0 Å². The monoisotopic (exact) mass is 213 g/mol. The second kappa shape index (κ2) is 2.87. The van der Waals surface area contributed by atoms with E-state index in [1.54, 1.807) is 6.92 Å². The summed E-state index contributed by atoms with van der Waals surface area (Å²) in [5.41, 5.74) is -1.24. The standard InChI is InChI=1S/C10H15NO4/c1-4-14-8(13)11-9(2,3)10(11)5-6-15-7(10)12/h4-6H2,1-3H3/t10-,11?/m1/s1. The molecule has 0 unspecified atom stereocenters. The van der Waals surface area contributed by atoms with Crippen molar-refractivity contribution < 1.29 is 19.1 Å². The van der Waals surface area contributed by atoms with E-state index >= 15 is 0 Å². The van der Waals surface area contributed by atoms with Gasteiger partial charge in [0.05, 0.1) is 18.8 Å². The number of hydrogen-bond acceptors (Lipinski definition) is 4. The number of carbonyl (C=O) groups is 2. The fraction of sp³-hybridized carbons (Fsp3) is 0.800. The molecule has 1 spiro atoms. The normalized spacial score (nSPS) is 31.7. The highest BCUT2D eigenvalue weighted by molar-refractivity contribution is 5.96. The van der Waals surface area contributed by atoms with Crippen LogP contribution in [0, 0.1) is 0 Å². The molecule has 2 aliphatic heterocycles. The zero-order chi connectivity index (χ0) is 11.3. The lowest BCUT2D eigenvalue weighted by molar-refractivity contribution is -0.141. The maximum absolute atomic E-state index is 11.6. The van der Waals surface area contributed by atoms with E-state index in [2.05, 4.69) is 0 Å². The highest BCUT2D eigenvalue weighted by Gasteiger charge is 2.79. The van der Waals surface area contributed by atoms with Crippen molar-refractivity contribution in [3.63, 3.8) is 0 Å². The van der Waals surface area contributed by atoms with Gasteiger partial charge in [-0.05, 0) is 20.8 Å². The van der Waals surface area contributed by atoms with Crippen molar-refractivity contribution >= 4 is 12.1 Å². The van der Waals surface area contributed by atoms with Crippen molar-refractivity contribution in [3.05, 3.63) is 0 Å². The van der Waals surface area contributed by atoms with Crippen molar-refractivity contribution in [2.45, 2.75) is 38.3 Å². The molecule has 2 aliphatic rings. The molecule has 1 amide bonds. The van der Waals surface area contributed by atoms with E-state index in [1.165, 1.54) is 4.90 Å². The third kappa shape index (κ3) is 1.03. The minimum atomic E-state index is -0.765. The molecule has 5 nitrogen and oxygen atoms in total. The Hall–Kier alpha value is -1.26. The van der Waals surface area contributed by atoms with Gasteiger partial charge in [0.25, 0.3) is 0 Å². The molecular weight excluding hydrogens is 198 g/mol. The highest BCUT2D eigenvalue weighted by Crippen LogP contribution is 2.56. The van der Waals surface area contributed by atoms with Gasteiger partial charge in [-0.3, -0.25) is 4.90 Å². The fourth-order valence-electron chi connectivity index (χ4n) is 2.50. The summed E-state index contributed by atoms with van der Waals surface area (Å²) in [5.74, 6) is -0.305. The molecule has 1 atom stereocenters. The first-order valence-corrected chi connectivity index (χ1v) is 5.13. The van der Waals surface area contributed by atoms with E-state index in [0.717, 1.165) is 0 Å². The number of cyclic esters (lactones) is 1. The third-order valence-electron chi connectivity index (χ3n) is 3.39. The van der Waals surface area contributed by atoms with Gasteiger partial charge in [0, 0.05) is 6.42 Å². The SMILES string of the molecule is CCOC(=O)N1C(C)(C)[C@]12CCOC2=O. The molecule has 84 valence electrons. The molecule has 2 heterocycles. The van der Waals surface area contributed by atoms with Crippen LogP contribution in [0.15, 0.2) is 0 Å². The van der Waals surface area contributed by atoms with Crippen molar-refractivity contribution in [2.75, 3.05) is 13.2 Å². The van der Waals surface area contributed by atoms with Gasteiger partial charge in [-0.25, -0.2) is 9.59 Å². The molecule has 0 aliphatic carbocycles. The Bertz CT molecular complexity index is 325. The quantitative estimate of drug-likeness (QED) is 0.480. The van der Waals surface area contributed by atoms with Crippen LogP contribution in [0.25, 0.3) is 0 Å². The van der Waals surface area contributed by atoms with Gasteiger partial charge >= 0.3 is 12.1 Å². The Kier molecular flexibility index (Phi) is 1.96. The smallest absolute Gasteiger partial charge is 0.411 e. The maximum atomic E-state index is 11.6. The summed E-state index contributed by atoms with van der Waals surface area (Å²) in [6, 6.07) is 0. The number of rotatable bonds is 1. The second-order valence-corrected chi connectivity index (χ2v) is 4.34. The van der Waals surface area contributed by atoms with Crippen LogP contribution in [-0.4, -0.2) is 41.3 Å². The molecular formula is C10H15NO4. The summed E-state index contributed by atoms with van der Waals surface area (Å²) >= 11 is 0. The summed E-state index contributed by atoms with van der Waals surface area (Å²) in [6.45, 7) is 6.16. The molecule has 0 N–H and O–H groups in total. The Labute approximate surface area is 88.3 Å². The minimum absolute atomic E-state index is 0.305. The van der Waals surface area contributed by atoms with E-state index in [0.29, 0.717) is 19.6 Å². The van der Waals surface area contributed by atoms with Gasteiger partial charge in [-0.2, -0.15) is 0 Å². The first kappa shape index (κ1) is 10.3. The van der Waals surface area contributed by atoms with Crippen molar-refractivity contribution in [3.8, 4) is 0 Å². The topological polar surface area (TPSA) is 55.6 Å². The molecule has 0 aromatic rings. The van der Waals surface area contributed by atoms with Gasteiger partial charge in [0.15, 0.2) is 5.54 Å². The van der Waals surface area contributed by atoms with Crippen LogP contribution in [0.5, 0.6) is 0 Å². The molecule has 0 radical (unpaired) electrons. The van der Waals surface area contributed by atoms with E-state index in [4.69, 9.17) is 9.47 Å². The first-order chi connectivity index (χ1) is 6.98. The average Bonchev–Trinajstić information content (AvgIpc) is 2.45. The Balaban J connectivity index is 2.22. The zero-order valence-corrected chi connectivity index (χ0v) is 9.20. The average molecular weight is 213 g/mol. The van der Waals surface area contributed by atoms with Crippen LogP contribution in [0.4, 0.5) is 4.79 Å². The lowest BCUT2D eigenvalue weighted by Gasteiger charge is -2.06. The summed E-state index contributed by atoms with van der Waals surface area (Å²) in [6.07, 6.45) is 0.138. The van der Waals surface area contributed by atoms with E-state index in [9.17, 15) is 9.59 Å². The summed E-state index contributed by atoms with van der Waals surface area (Å²) in [4.78, 5) is 24.7. The number of amides is 1. The molecule has 0 aromatic carbocycles. The number of carbonyl (C=O) groups excluding carboxylic acids is 2. The van der Waals surface area contributed by atoms with Crippen LogP contribution in [0.3, 0.4) is 0 Å². The van der Waals surface area contributed by atoms with Crippen LogP contribution in [-0.2, 0) is 14.3 Å². The lowest BCUT2D eigenvalue weighted by Crippen LogP contribution is -2.29. The van der Waals surface area contributed by atoms with Crippen molar-refractivity contribution in [1.82, 2.24) is 4.90 Å². The Morgan fingerprint density at radius 2 is 2.27 bits per heavy atom. The molecule has 15 heavy (non-hydrogen) atoms. The van der Waals surface area contributed by atoms with Gasteiger partial charge in [0.1, 0.15) is 0 Å². The first-order valence-electron chi connectivity index (χ1n) is 5.13. The Morgan fingerprint density at radius 1 is 1.60 bits per heavy atom. The second-order valence-electron chi connectivity index (χ2n) is 4.34. The summed E-state index contributed by atoms with van der Waals surface area (Å²) < 4.78 is 9.85. The molecule has 0 saturated carbocycles. The predicted molar refractivity (Wildman–Crippen MR) is 51.2 cm³/mol. The predicted octanol–water partition coefficient (Wildman–Crippen LogP) is 0.923. The molecule has 2 rings (SSSR count). The van der Waals surface area contributed by atoms with Crippen LogP contribution < -0.4 is 0 Å². The van der Waals surface area contributed by atoms with Crippen LogP contribution in [0.1, 0.15) is 27.2 Å². The van der Waals surface area contributed by atoms with E-state index in [1.807, 2.05) is 13.8 Å². The van der Waals surface area contributed by atoms with Gasteiger partial charge in [-0.15, -0.1) is 0 Å². The van der Waals surface area contributed by atoms with E-state index in [-0.39, 0.29) is 5.97 Å². The van der Waals surface area contributed by atoms with Crippen molar-refractivity contribution in [1.29, 1.82) is 0 Å². The molecule has 2 saturated heterocycles. The summed E-state index contributed by atoms with van der Waals surface area (Å²) in [5, 5.41) is 0. The lowest BCUT2D eigenvalue weighted by atomic mass is 9.95. The van der Waals surface area contributed by atoms with Crippen LogP contribution >= 0.6 is 0 Å². The highest BCUT2D eigenvalue weighted by atomic mass is 16.6. The van der Waals surface area contributed by atoms with Crippen molar-refractivity contribution in [2.24, 2.45) is 0 Å². The molecule has 0 bridgehead atoms. The number of hydrogen-bond donors (Lipinski definition) is 0. The minimum Gasteiger partial charge on any atom is -0.464 e. The summed E-state index contributed by atoms with van der Waals surface area (Å²) in [7, 11) is 0. The van der Waals surface area contributed by atoms with Gasteiger partial charge < -0.3 is 9.47 Å². The number of esters is 1. The Morgan fingerprint density at radius 3 is 2.73 bits per heavy atom. The molecule has 0 aromatic heterocycles. The van der Waals surface area contributed by atoms with E-state index < -0.39 is 17.2 Å². The van der Waals surface area contributed by atoms with Crippen LogP contribution in [0.2, 0.25) is 0 Å². The number of nitrogens with zero attached hydrogens (tertiary/aromatic N) is 1. The largest absolute Gasteiger partial charge is 0.464 e. The van der Waals surface area contributed by atoms with Gasteiger partial charge in [-0.1, -0.05) is 0 Å². The molecule has 5 heteroatoms. The molecule has 2 fully saturated rings.